The summed E-state index contributed by atoms with van der Waals surface area (Å²) >= 11 is 5.90. The van der Waals surface area contributed by atoms with Crippen molar-refractivity contribution in [2.24, 2.45) is 0 Å². The first-order chi connectivity index (χ1) is 11.4. The molecule has 0 bridgehead atoms. The fourth-order valence-electron chi connectivity index (χ4n) is 2.00. The van der Waals surface area contributed by atoms with E-state index in [-0.39, 0.29) is 5.75 Å². The zero-order valence-electron chi connectivity index (χ0n) is 13.5. The molecule has 0 radical (unpaired) electrons. The van der Waals surface area contributed by atoms with Crippen LogP contribution in [0.4, 0.5) is 0 Å². The van der Waals surface area contributed by atoms with Crippen LogP contribution in [0.15, 0.2) is 36.4 Å². The highest BCUT2D eigenvalue weighted by atomic mass is 35.5. The maximum Gasteiger partial charge on any atom is 0.352 e. The van der Waals surface area contributed by atoms with Gasteiger partial charge in [-0.1, -0.05) is 11.6 Å². The van der Waals surface area contributed by atoms with Crippen LogP contribution < -0.4 is 14.2 Å². The Kier molecular flexibility index (Phi) is 5.67. The Bertz CT molecular complexity index is 798. The number of hydrogen-bond donors (Lipinski definition) is 0. The predicted octanol–water partition coefficient (Wildman–Crippen LogP) is 3.90. The van der Waals surface area contributed by atoms with Crippen LogP contribution in [0.25, 0.3) is 0 Å². The number of methoxy groups -OCH3 is 1. The number of esters is 1. The monoisotopic (exact) mass is 345 g/mol. The summed E-state index contributed by atoms with van der Waals surface area (Å²) in [7, 11) is 1.44. The Morgan fingerprint density at radius 1 is 1.17 bits per heavy atom. The van der Waals surface area contributed by atoms with Crippen molar-refractivity contribution >= 4 is 17.6 Å². The third kappa shape index (κ3) is 4.18. The van der Waals surface area contributed by atoms with Gasteiger partial charge in [-0.3, -0.25) is 0 Å². The molecule has 0 N–H and O–H groups in total. The zero-order chi connectivity index (χ0) is 17.7. The van der Waals surface area contributed by atoms with E-state index in [1.165, 1.54) is 19.2 Å². The second kappa shape index (κ2) is 7.71. The van der Waals surface area contributed by atoms with Gasteiger partial charge in [0.25, 0.3) is 0 Å². The molecule has 0 aromatic heterocycles. The van der Waals surface area contributed by atoms with E-state index in [1.54, 1.807) is 31.2 Å². The van der Waals surface area contributed by atoms with Gasteiger partial charge < -0.3 is 14.2 Å². The minimum Gasteiger partial charge on any atom is -0.493 e. The molecule has 0 aliphatic rings. The molecule has 0 aliphatic heterocycles. The van der Waals surface area contributed by atoms with Crippen LogP contribution >= 0.6 is 11.6 Å². The third-order valence-electron chi connectivity index (χ3n) is 3.28. The van der Waals surface area contributed by atoms with E-state index >= 15 is 0 Å². The molecular weight excluding hydrogens is 330 g/mol. The maximum atomic E-state index is 12.2. The number of halogens is 1. The largest absolute Gasteiger partial charge is 0.493 e. The lowest BCUT2D eigenvalue weighted by molar-refractivity contribution is -0.141. The lowest BCUT2D eigenvalue weighted by Gasteiger charge is -2.16. The molecule has 2 aromatic rings. The van der Waals surface area contributed by atoms with Gasteiger partial charge in [0.15, 0.2) is 17.6 Å². The molecule has 24 heavy (non-hydrogen) atoms. The summed E-state index contributed by atoms with van der Waals surface area (Å²) in [4.78, 5) is 12.2. The second-order valence-electron chi connectivity index (χ2n) is 5.07. The molecule has 6 heteroatoms. The Morgan fingerprint density at radius 2 is 1.88 bits per heavy atom. The number of aryl methyl sites for hydroxylation is 1. The number of rotatable bonds is 5. The molecule has 1 unspecified atom stereocenters. The van der Waals surface area contributed by atoms with Crippen molar-refractivity contribution in [1.82, 2.24) is 0 Å². The van der Waals surface area contributed by atoms with Gasteiger partial charge in [0.1, 0.15) is 5.75 Å². The average Bonchev–Trinajstić information content (AvgIpc) is 2.57. The summed E-state index contributed by atoms with van der Waals surface area (Å²) in [6.45, 7) is 3.43. The Hall–Kier alpha value is -2.71. The van der Waals surface area contributed by atoms with E-state index in [9.17, 15) is 4.79 Å². The number of nitrogens with zero attached hydrogens (tertiary/aromatic N) is 1. The third-order valence-corrected chi connectivity index (χ3v) is 3.51. The SMILES string of the molecule is COc1cc(C#N)ccc1OC(=O)C(C)Oc1ccc(Cl)cc1C. The van der Waals surface area contributed by atoms with Crippen LogP contribution in [0.5, 0.6) is 17.2 Å². The normalized spacial score (nSPS) is 11.3. The summed E-state index contributed by atoms with van der Waals surface area (Å²) in [5.74, 6) is 0.505. The first-order valence-corrected chi connectivity index (χ1v) is 7.55. The van der Waals surface area contributed by atoms with Crippen molar-refractivity contribution in [3.63, 3.8) is 0 Å². The van der Waals surface area contributed by atoms with Gasteiger partial charge >= 0.3 is 5.97 Å². The highest BCUT2D eigenvalue weighted by Crippen LogP contribution is 2.29. The van der Waals surface area contributed by atoms with E-state index in [0.29, 0.717) is 22.1 Å². The van der Waals surface area contributed by atoms with Crippen molar-refractivity contribution in [2.75, 3.05) is 7.11 Å². The van der Waals surface area contributed by atoms with Crippen molar-refractivity contribution in [1.29, 1.82) is 5.26 Å². The Balaban J connectivity index is 2.10. The summed E-state index contributed by atoms with van der Waals surface area (Å²) in [5.41, 5.74) is 1.23. The van der Waals surface area contributed by atoms with Gasteiger partial charge in [-0.25, -0.2) is 4.79 Å². The van der Waals surface area contributed by atoms with Crippen molar-refractivity contribution in [3.05, 3.63) is 52.5 Å². The van der Waals surface area contributed by atoms with Gasteiger partial charge in [0, 0.05) is 11.1 Å². The molecule has 0 spiro atoms. The Morgan fingerprint density at radius 3 is 2.50 bits per heavy atom. The zero-order valence-corrected chi connectivity index (χ0v) is 14.3. The fraction of sp³-hybridized carbons (Fsp3) is 0.222. The van der Waals surface area contributed by atoms with E-state index in [4.69, 9.17) is 31.1 Å². The number of carbonyl (C=O) groups excluding carboxylic acids is 1. The molecule has 124 valence electrons. The van der Waals surface area contributed by atoms with E-state index < -0.39 is 12.1 Å². The number of ether oxygens (including phenoxy) is 3. The van der Waals surface area contributed by atoms with E-state index in [0.717, 1.165) is 5.56 Å². The minimum absolute atomic E-state index is 0.227. The van der Waals surface area contributed by atoms with Crippen LogP contribution in [-0.4, -0.2) is 19.2 Å². The molecule has 2 aromatic carbocycles. The van der Waals surface area contributed by atoms with Crippen molar-refractivity contribution < 1.29 is 19.0 Å². The predicted molar refractivity (Wildman–Crippen MR) is 89.6 cm³/mol. The van der Waals surface area contributed by atoms with E-state index in [1.807, 2.05) is 13.0 Å². The van der Waals surface area contributed by atoms with Crippen LogP contribution in [0.3, 0.4) is 0 Å². The number of nitriles is 1. The quantitative estimate of drug-likeness (QED) is 0.607. The molecule has 0 heterocycles. The number of benzene rings is 2. The van der Waals surface area contributed by atoms with Gasteiger partial charge in [-0.05, 0) is 49.7 Å². The first-order valence-electron chi connectivity index (χ1n) is 7.17. The average molecular weight is 346 g/mol. The van der Waals surface area contributed by atoms with Crippen LogP contribution in [-0.2, 0) is 4.79 Å². The van der Waals surface area contributed by atoms with Crippen LogP contribution in [0, 0.1) is 18.3 Å². The highest BCUT2D eigenvalue weighted by molar-refractivity contribution is 6.30. The number of hydrogen-bond acceptors (Lipinski definition) is 5. The summed E-state index contributed by atoms with van der Waals surface area (Å²) in [6.07, 6.45) is -0.828. The lowest BCUT2D eigenvalue weighted by Crippen LogP contribution is -2.28. The molecule has 1 atom stereocenters. The highest BCUT2D eigenvalue weighted by Gasteiger charge is 2.20. The molecule has 0 amide bonds. The molecule has 5 nitrogen and oxygen atoms in total. The smallest absolute Gasteiger partial charge is 0.352 e. The molecule has 0 aliphatic carbocycles. The molecule has 0 saturated carbocycles. The van der Waals surface area contributed by atoms with Gasteiger partial charge in [-0.2, -0.15) is 5.26 Å². The summed E-state index contributed by atoms with van der Waals surface area (Å²) in [5, 5.41) is 9.48. The van der Waals surface area contributed by atoms with Crippen molar-refractivity contribution in [3.8, 4) is 23.3 Å². The van der Waals surface area contributed by atoms with Gasteiger partial charge in [-0.15, -0.1) is 0 Å². The van der Waals surface area contributed by atoms with E-state index in [2.05, 4.69) is 0 Å². The summed E-state index contributed by atoms with van der Waals surface area (Å²) < 4.78 is 16.1. The minimum atomic E-state index is -0.828. The topological polar surface area (TPSA) is 68.5 Å². The van der Waals surface area contributed by atoms with Gasteiger partial charge in [0.2, 0.25) is 0 Å². The molecular formula is C18H16ClNO4. The van der Waals surface area contributed by atoms with Crippen LogP contribution in [0.1, 0.15) is 18.1 Å². The number of carbonyl (C=O) groups is 1. The van der Waals surface area contributed by atoms with Crippen LogP contribution in [0.2, 0.25) is 5.02 Å². The van der Waals surface area contributed by atoms with Crippen molar-refractivity contribution in [2.45, 2.75) is 20.0 Å². The maximum absolute atomic E-state index is 12.2. The first kappa shape index (κ1) is 17.6. The summed E-state index contributed by atoms with van der Waals surface area (Å²) in [6, 6.07) is 11.7. The standard InChI is InChI=1S/C18H16ClNO4/c1-11-8-14(19)5-7-15(11)23-12(2)18(21)24-16-6-4-13(10-20)9-17(16)22-3/h4-9,12H,1-3H3. The lowest BCUT2D eigenvalue weighted by atomic mass is 10.2. The molecule has 2 rings (SSSR count). The fourth-order valence-corrected chi connectivity index (χ4v) is 2.22. The molecule has 0 saturated heterocycles. The second-order valence-corrected chi connectivity index (χ2v) is 5.50. The molecule has 0 fully saturated rings. The van der Waals surface area contributed by atoms with Gasteiger partial charge in [0.05, 0.1) is 18.7 Å². The Labute approximate surface area is 145 Å².